The summed E-state index contributed by atoms with van der Waals surface area (Å²) in [5.74, 6) is -1.61. The lowest BCUT2D eigenvalue weighted by Gasteiger charge is -2.26. The quantitative estimate of drug-likeness (QED) is 0.834. The van der Waals surface area contributed by atoms with Crippen LogP contribution in [0, 0.1) is 5.92 Å². The fourth-order valence-corrected chi connectivity index (χ4v) is 2.46. The number of hydrogen-bond donors (Lipinski definition) is 2. The monoisotopic (exact) mass is 285 g/mol. The second-order valence-corrected chi connectivity index (χ2v) is 5.26. The lowest BCUT2D eigenvalue weighted by atomic mass is 10.0. The molecule has 0 radical (unpaired) electrons. The van der Waals surface area contributed by atoms with Gasteiger partial charge in [-0.3, -0.25) is 9.78 Å². The Morgan fingerprint density at radius 2 is 2.42 bits per heavy atom. The van der Waals surface area contributed by atoms with E-state index in [0.717, 1.165) is 4.88 Å². The second-order valence-electron chi connectivity index (χ2n) is 4.29. The van der Waals surface area contributed by atoms with Crippen molar-refractivity contribution < 1.29 is 19.4 Å². The van der Waals surface area contributed by atoms with E-state index in [0.29, 0.717) is 6.54 Å². The van der Waals surface area contributed by atoms with E-state index in [1.54, 1.807) is 18.8 Å². The number of hydrogen-bond acceptors (Lipinski definition) is 5. The van der Waals surface area contributed by atoms with Crippen molar-refractivity contribution in [3.8, 4) is 0 Å². The normalized spacial score (nSPS) is 22.2. The SMILES string of the molecule is CN(C(=O)NCc1cncs1)C1COCC1C(=O)O. The smallest absolute Gasteiger partial charge is 0.317 e. The third kappa shape index (κ3) is 3.21. The summed E-state index contributed by atoms with van der Waals surface area (Å²) in [7, 11) is 1.58. The number of carboxylic acids is 1. The van der Waals surface area contributed by atoms with Crippen LogP contribution in [0.2, 0.25) is 0 Å². The predicted molar refractivity (Wildman–Crippen MR) is 67.8 cm³/mol. The molecule has 1 aliphatic rings. The lowest BCUT2D eigenvalue weighted by molar-refractivity contribution is -0.142. The molecule has 7 nitrogen and oxygen atoms in total. The van der Waals surface area contributed by atoms with Crippen LogP contribution in [-0.2, 0) is 16.1 Å². The topological polar surface area (TPSA) is 91.8 Å². The average Bonchev–Trinajstić information content (AvgIpc) is 3.05. The number of carbonyl (C=O) groups excluding carboxylic acids is 1. The van der Waals surface area contributed by atoms with Crippen LogP contribution in [0.1, 0.15) is 4.88 Å². The third-order valence-corrected chi connectivity index (χ3v) is 3.86. The predicted octanol–water partition coefficient (Wildman–Crippen LogP) is 0.384. The van der Waals surface area contributed by atoms with Gasteiger partial charge in [-0.1, -0.05) is 0 Å². The molecule has 2 unspecified atom stereocenters. The van der Waals surface area contributed by atoms with E-state index < -0.39 is 17.9 Å². The first kappa shape index (κ1) is 13.8. The fourth-order valence-electron chi connectivity index (χ4n) is 1.93. The van der Waals surface area contributed by atoms with E-state index in [9.17, 15) is 9.59 Å². The molecule has 0 aromatic carbocycles. The molecule has 2 atom stereocenters. The van der Waals surface area contributed by atoms with Crippen molar-refractivity contribution in [3.05, 3.63) is 16.6 Å². The van der Waals surface area contributed by atoms with E-state index in [4.69, 9.17) is 9.84 Å². The molecular formula is C11H15N3O4S. The highest BCUT2D eigenvalue weighted by molar-refractivity contribution is 7.09. The molecule has 1 fully saturated rings. The maximum Gasteiger partial charge on any atom is 0.317 e. The molecule has 1 aromatic heterocycles. The molecule has 2 amide bonds. The summed E-state index contributed by atoms with van der Waals surface area (Å²) >= 11 is 1.45. The lowest BCUT2D eigenvalue weighted by Crippen LogP contribution is -2.48. The number of ether oxygens (including phenoxy) is 1. The molecule has 0 bridgehead atoms. The number of likely N-dealkylation sites (N-methyl/N-ethyl adjacent to an activating group) is 1. The van der Waals surface area contributed by atoms with E-state index in [1.807, 2.05) is 0 Å². The molecule has 2 rings (SSSR count). The van der Waals surface area contributed by atoms with Crippen LogP contribution < -0.4 is 5.32 Å². The molecule has 1 aromatic rings. The second kappa shape index (κ2) is 5.98. The summed E-state index contributed by atoms with van der Waals surface area (Å²) < 4.78 is 5.14. The van der Waals surface area contributed by atoms with E-state index in [-0.39, 0.29) is 19.2 Å². The first-order valence-electron chi connectivity index (χ1n) is 5.78. The molecule has 0 spiro atoms. The van der Waals surface area contributed by atoms with Gasteiger partial charge in [0.05, 0.1) is 31.3 Å². The molecule has 8 heteroatoms. The molecule has 2 heterocycles. The number of rotatable bonds is 4. The van der Waals surface area contributed by atoms with Crippen molar-refractivity contribution in [2.45, 2.75) is 12.6 Å². The Labute approximate surface area is 114 Å². The molecule has 0 aliphatic carbocycles. The highest BCUT2D eigenvalue weighted by Gasteiger charge is 2.38. The zero-order chi connectivity index (χ0) is 13.8. The number of amides is 2. The highest BCUT2D eigenvalue weighted by Crippen LogP contribution is 2.19. The molecule has 1 aliphatic heterocycles. The van der Waals surface area contributed by atoms with Crippen molar-refractivity contribution in [2.75, 3.05) is 20.3 Å². The molecule has 104 valence electrons. The van der Waals surface area contributed by atoms with Gasteiger partial charge in [0, 0.05) is 18.1 Å². The van der Waals surface area contributed by atoms with Gasteiger partial charge in [-0.25, -0.2) is 4.79 Å². The number of thiazole rings is 1. The number of aromatic nitrogens is 1. The summed E-state index contributed by atoms with van der Waals surface area (Å²) in [6.07, 6.45) is 1.68. The minimum absolute atomic E-state index is 0.145. The van der Waals surface area contributed by atoms with Gasteiger partial charge in [0.1, 0.15) is 5.92 Å². The Morgan fingerprint density at radius 3 is 3.05 bits per heavy atom. The van der Waals surface area contributed by atoms with Crippen molar-refractivity contribution in [1.29, 1.82) is 0 Å². The third-order valence-electron chi connectivity index (χ3n) is 3.08. The van der Waals surface area contributed by atoms with Gasteiger partial charge >= 0.3 is 12.0 Å². The van der Waals surface area contributed by atoms with Gasteiger partial charge in [0.2, 0.25) is 0 Å². The van der Waals surface area contributed by atoms with E-state index in [2.05, 4.69) is 10.3 Å². The van der Waals surface area contributed by atoms with Gasteiger partial charge in [-0.2, -0.15) is 0 Å². The van der Waals surface area contributed by atoms with Crippen LogP contribution in [0.25, 0.3) is 0 Å². The number of nitrogens with one attached hydrogen (secondary N) is 1. The minimum atomic E-state index is -0.940. The zero-order valence-electron chi connectivity index (χ0n) is 10.4. The van der Waals surface area contributed by atoms with Gasteiger partial charge < -0.3 is 20.1 Å². The van der Waals surface area contributed by atoms with Crippen LogP contribution in [0.5, 0.6) is 0 Å². The Morgan fingerprint density at radius 1 is 1.63 bits per heavy atom. The number of nitrogens with zero attached hydrogens (tertiary/aromatic N) is 2. The Kier molecular flexibility index (Phi) is 4.33. The van der Waals surface area contributed by atoms with Crippen molar-refractivity contribution in [1.82, 2.24) is 15.2 Å². The van der Waals surface area contributed by atoms with Crippen molar-refractivity contribution in [2.24, 2.45) is 5.92 Å². The first-order chi connectivity index (χ1) is 9.09. The number of carboxylic acid groups (broad SMARTS) is 1. The summed E-state index contributed by atoms with van der Waals surface area (Å²) in [6, 6.07) is -0.742. The summed E-state index contributed by atoms with van der Waals surface area (Å²) in [4.78, 5) is 29.2. The average molecular weight is 285 g/mol. The molecule has 1 saturated heterocycles. The van der Waals surface area contributed by atoms with Gasteiger partial charge in [-0.15, -0.1) is 11.3 Å². The van der Waals surface area contributed by atoms with Crippen molar-refractivity contribution >= 4 is 23.3 Å². The Hall–Kier alpha value is -1.67. The van der Waals surface area contributed by atoms with Crippen LogP contribution in [0.4, 0.5) is 4.79 Å². The molecule has 0 saturated carbocycles. The van der Waals surface area contributed by atoms with Gasteiger partial charge in [-0.05, 0) is 0 Å². The summed E-state index contributed by atoms with van der Waals surface area (Å²) in [6.45, 7) is 0.785. The molecular weight excluding hydrogens is 270 g/mol. The number of carbonyl (C=O) groups is 2. The standard InChI is InChI=1S/C11H15N3O4S/c1-14(9-5-18-4-8(9)10(15)16)11(17)13-3-7-2-12-6-19-7/h2,6,8-9H,3-5H2,1H3,(H,13,17)(H,15,16). The first-order valence-corrected chi connectivity index (χ1v) is 6.66. The van der Waals surface area contributed by atoms with Gasteiger partial charge in [0.15, 0.2) is 0 Å². The minimum Gasteiger partial charge on any atom is -0.481 e. The van der Waals surface area contributed by atoms with Crippen LogP contribution in [0.15, 0.2) is 11.7 Å². The van der Waals surface area contributed by atoms with E-state index >= 15 is 0 Å². The molecule has 19 heavy (non-hydrogen) atoms. The van der Waals surface area contributed by atoms with Crippen LogP contribution in [0.3, 0.4) is 0 Å². The number of aliphatic carboxylic acids is 1. The fraction of sp³-hybridized carbons (Fsp3) is 0.545. The zero-order valence-corrected chi connectivity index (χ0v) is 11.2. The van der Waals surface area contributed by atoms with Gasteiger partial charge in [0.25, 0.3) is 0 Å². The summed E-state index contributed by atoms with van der Waals surface area (Å²) in [5.41, 5.74) is 1.69. The van der Waals surface area contributed by atoms with Crippen molar-refractivity contribution in [3.63, 3.8) is 0 Å². The number of urea groups is 1. The molecule has 2 N–H and O–H groups in total. The maximum absolute atomic E-state index is 11.9. The Bertz CT molecular complexity index is 451. The van der Waals surface area contributed by atoms with E-state index in [1.165, 1.54) is 16.2 Å². The maximum atomic E-state index is 11.9. The Balaban J connectivity index is 1.89. The highest BCUT2D eigenvalue weighted by atomic mass is 32.1. The summed E-state index contributed by atoms with van der Waals surface area (Å²) in [5, 5.41) is 11.8. The van der Waals surface area contributed by atoms with Crippen LogP contribution >= 0.6 is 11.3 Å². The van der Waals surface area contributed by atoms with Crippen LogP contribution in [-0.4, -0.2) is 53.3 Å². The largest absolute Gasteiger partial charge is 0.481 e.